The third kappa shape index (κ3) is 3.43. The molecule has 1 aromatic carbocycles. The van der Waals surface area contributed by atoms with Crippen LogP contribution in [0.25, 0.3) is 0 Å². The Labute approximate surface area is 114 Å². The molecule has 0 radical (unpaired) electrons. The molecular weight excluding hydrogens is 270 g/mol. The third-order valence-electron chi connectivity index (χ3n) is 3.36. The number of alkyl halides is 2. The molecule has 110 valence electrons. The van der Waals surface area contributed by atoms with Gasteiger partial charge >= 0.3 is 12.6 Å². The highest BCUT2D eigenvalue weighted by Crippen LogP contribution is 2.22. The third-order valence-corrected chi connectivity index (χ3v) is 3.36. The smallest absolute Gasteiger partial charge is 0.387 e. The van der Waals surface area contributed by atoms with Gasteiger partial charge in [-0.3, -0.25) is 9.69 Å². The number of carboxylic acids is 1. The Morgan fingerprint density at radius 3 is 2.60 bits per heavy atom. The Morgan fingerprint density at radius 2 is 2.10 bits per heavy atom. The molecule has 1 aromatic rings. The number of halogens is 2. The lowest BCUT2D eigenvalue weighted by Crippen LogP contribution is -2.50. The zero-order chi connectivity index (χ0) is 14.8. The lowest BCUT2D eigenvalue weighted by molar-refractivity contribution is -0.142. The summed E-state index contributed by atoms with van der Waals surface area (Å²) < 4.78 is 28.3. The highest BCUT2D eigenvalue weighted by atomic mass is 19.3. The molecule has 2 rings (SSSR count). The summed E-state index contributed by atoms with van der Waals surface area (Å²) in [4.78, 5) is 13.0. The van der Waals surface area contributed by atoms with Gasteiger partial charge in [0.25, 0.3) is 0 Å². The van der Waals surface area contributed by atoms with E-state index in [1.807, 2.05) is 4.90 Å². The molecule has 1 aliphatic heterocycles. The maximum atomic E-state index is 12.0. The van der Waals surface area contributed by atoms with Crippen LogP contribution < -0.4 is 10.5 Å². The molecule has 1 unspecified atom stereocenters. The van der Waals surface area contributed by atoms with Crippen LogP contribution in [-0.2, 0) is 11.3 Å². The molecule has 3 N–H and O–H groups in total. The number of rotatable bonds is 5. The number of nitrogens with zero attached hydrogens (tertiary/aromatic N) is 1. The van der Waals surface area contributed by atoms with Crippen molar-refractivity contribution in [2.45, 2.75) is 25.1 Å². The van der Waals surface area contributed by atoms with E-state index in [1.54, 1.807) is 12.1 Å². The minimum absolute atomic E-state index is 0.101. The van der Waals surface area contributed by atoms with E-state index in [2.05, 4.69) is 4.74 Å². The zero-order valence-electron chi connectivity index (χ0n) is 10.8. The molecule has 1 heterocycles. The second-order valence-corrected chi connectivity index (χ2v) is 4.94. The Morgan fingerprint density at radius 1 is 1.45 bits per heavy atom. The quantitative estimate of drug-likeness (QED) is 0.852. The molecule has 1 aliphatic rings. The first kappa shape index (κ1) is 14.7. The van der Waals surface area contributed by atoms with E-state index in [9.17, 15) is 13.6 Å². The van der Waals surface area contributed by atoms with Crippen molar-refractivity contribution in [3.05, 3.63) is 29.8 Å². The molecule has 1 saturated heterocycles. The predicted octanol–water partition coefficient (Wildman–Crippen LogP) is 1.28. The molecule has 0 amide bonds. The van der Waals surface area contributed by atoms with Crippen LogP contribution in [-0.4, -0.2) is 41.2 Å². The Kier molecular flexibility index (Phi) is 4.20. The van der Waals surface area contributed by atoms with Crippen molar-refractivity contribution in [1.29, 1.82) is 0 Å². The molecule has 0 aromatic heterocycles. The average molecular weight is 286 g/mol. The van der Waals surface area contributed by atoms with Crippen LogP contribution >= 0.6 is 0 Å². The van der Waals surface area contributed by atoms with Crippen LogP contribution in [0.3, 0.4) is 0 Å². The minimum Gasteiger partial charge on any atom is -0.480 e. The number of carboxylic acid groups (broad SMARTS) is 1. The van der Waals surface area contributed by atoms with E-state index in [0.29, 0.717) is 19.5 Å². The Hall–Kier alpha value is -1.73. The first-order valence-electron chi connectivity index (χ1n) is 6.17. The van der Waals surface area contributed by atoms with E-state index in [4.69, 9.17) is 10.8 Å². The molecular formula is C13H16F2N2O3. The molecule has 0 saturated carbocycles. The first-order valence-corrected chi connectivity index (χ1v) is 6.17. The average Bonchev–Trinajstić information content (AvgIpc) is 2.74. The van der Waals surface area contributed by atoms with Crippen molar-refractivity contribution < 1.29 is 23.4 Å². The summed E-state index contributed by atoms with van der Waals surface area (Å²) in [6.45, 7) is -1.44. The fraction of sp³-hybridized carbons (Fsp3) is 0.462. The number of benzene rings is 1. The fourth-order valence-corrected chi connectivity index (χ4v) is 2.26. The number of hydrogen-bond donors (Lipinski definition) is 2. The van der Waals surface area contributed by atoms with Gasteiger partial charge in [0, 0.05) is 19.6 Å². The van der Waals surface area contributed by atoms with E-state index in [1.165, 1.54) is 12.1 Å². The molecule has 20 heavy (non-hydrogen) atoms. The Bertz CT molecular complexity index is 481. The molecule has 5 nitrogen and oxygen atoms in total. The van der Waals surface area contributed by atoms with Crippen LogP contribution in [0.2, 0.25) is 0 Å². The van der Waals surface area contributed by atoms with Gasteiger partial charge in [-0.1, -0.05) is 12.1 Å². The normalized spacial score (nSPS) is 23.2. The van der Waals surface area contributed by atoms with Crippen LogP contribution in [0.4, 0.5) is 8.78 Å². The second kappa shape index (κ2) is 5.72. The summed E-state index contributed by atoms with van der Waals surface area (Å²) in [6, 6.07) is 6.28. The van der Waals surface area contributed by atoms with Gasteiger partial charge in [-0.15, -0.1) is 0 Å². The van der Waals surface area contributed by atoms with Gasteiger partial charge in [0.15, 0.2) is 0 Å². The standard InChI is InChI=1S/C13H16F2N2O3/c14-12(15)20-10-3-1-9(2-4-10)7-17-6-5-13(16,8-17)11(18)19/h1-4,12H,5-8,16H2,(H,18,19). The summed E-state index contributed by atoms with van der Waals surface area (Å²) in [6.07, 6.45) is 0.398. The Balaban J connectivity index is 1.93. The summed E-state index contributed by atoms with van der Waals surface area (Å²) in [5.74, 6) is -0.899. The monoisotopic (exact) mass is 286 g/mol. The van der Waals surface area contributed by atoms with Crippen molar-refractivity contribution in [2.24, 2.45) is 5.73 Å². The molecule has 0 aliphatic carbocycles. The number of likely N-dealkylation sites (tertiary alicyclic amines) is 1. The first-order chi connectivity index (χ1) is 9.39. The van der Waals surface area contributed by atoms with Crippen molar-refractivity contribution >= 4 is 5.97 Å². The van der Waals surface area contributed by atoms with Gasteiger partial charge in [0.2, 0.25) is 0 Å². The fourth-order valence-electron chi connectivity index (χ4n) is 2.26. The van der Waals surface area contributed by atoms with Gasteiger partial charge in [0.05, 0.1) is 0 Å². The summed E-state index contributed by atoms with van der Waals surface area (Å²) >= 11 is 0. The molecule has 0 bridgehead atoms. The van der Waals surface area contributed by atoms with Crippen molar-refractivity contribution in [3.8, 4) is 5.75 Å². The number of carbonyl (C=O) groups is 1. The summed E-state index contributed by atoms with van der Waals surface area (Å²) in [5, 5.41) is 9.04. The lowest BCUT2D eigenvalue weighted by atomic mass is 10.0. The molecule has 7 heteroatoms. The van der Waals surface area contributed by atoms with Crippen molar-refractivity contribution in [2.75, 3.05) is 13.1 Å². The second-order valence-electron chi connectivity index (χ2n) is 4.94. The van der Waals surface area contributed by atoms with Gasteiger partial charge in [-0.05, 0) is 24.1 Å². The van der Waals surface area contributed by atoms with E-state index in [-0.39, 0.29) is 12.3 Å². The van der Waals surface area contributed by atoms with Crippen molar-refractivity contribution in [3.63, 3.8) is 0 Å². The van der Waals surface area contributed by atoms with Gasteiger partial charge in [0.1, 0.15) is 11.3 Å². The number of ether oxygens (including phenoxy) is 1. The van der Waals surface area contributed by atoms with E-state index >= 15 is 0 Å². The van der Waals surface area contributed by atoms with Gasteiger partial charge < -0.3 is 15.6 Å². The SMILES string of the molecule is NC1(C(=O)O)CCN(Cc2ccc(OC(F)F)cc2)C1. The van der Waals surface area contributed by atoms with Crippen LogP contribution in [0, 0.1) is 0 Å². The number of nitrogens with two attached hydrogens (primary N) is 1. The van der Waals surface area contributed by atoms with Crippen LogP contribution in [0.5, 0.6) is 5.75 Å². The van der Waals surface area contributed by atoms with Crippen LogP contribution in [0.1, 0.15) is 12.0 Å². The molecule has 0 spiro atoms. The van der Waals surface area contributed by atoms with Crippen molar-refractivity contribution in [1.82, 2.24) is 4.90 Å². The topological polar surface area (TPSA) is 75.8 Å². The molecule has 1 fully saturated rings. The predicted molar refractivity (Wildman–Crippen MR) is 67.5 cm³/mol. The lowest BCUT2D eigenvalue weighted by Gasteiger charge is -2.20. The number of aliphatic carboxylic acids is 1. The minimum atomic E-state index is -2.84. The van der Waals surface area contributed by atoms with Gasteiger partial charge in [-0.25, -0.2) is 0 Å². The number of hydrogen-bond acceptors (Lipinski definition) is 4. The summed E-state index contributed by atoms with van der Waals surface area (Å²) in [7, 11) is 0. The maximum Gasteiger partial charge on any atom is 0.387 e. The van der Waals surface area contributed by atoms with Gasteiger partial charge in [-0.2, -0.15) is 8.78 Å². The zero-order valence-corrected chi connectivity index (χ0v) is 10.8. The molecule has 1 atom stereocenters. The highest BCUT2D eigenvalue weighted by Gasteiger charge is 2.40. The van der Waals surface area contributed by atoms with E-state index < -0.39 is 18.1 Å². The summed E-state index contributed by atoms with van der Waals surface area (Å²) in [5.41, 5.74) is 5.47. The van der Waals surface area contributed by atoms with E-state index in [0.717, 1.165) is 5.56 Å². The highest BCUT2D eigenvalue weighted by molar-refractivity contribution is 5.79. The van der Waals surface area contributed by atoms with Crippen LogP contribution in [0.15, 0.2) is 24.3 Å². The largest absolute Gasteiger partial charge is 0.480 e. The maximum absolute atomic E-state index is 12.0.